The molecule has 140 valence electrons. The smallest absolute Gasteiger partial charge is 0.270 e. The van der Waals surface area contributed by atoms with Crippen LogP contribution in [0.15, 0.2) is 24.3 Å². The zero-order valence-corrected chi connectivity index (χ0v) is 14.9. The molecule has 0 bridgehead atoms. The van der Waals surface area contributed by atoms with Gasteiger partial charge in [0.05, 0.1) is 10.8 Å². The SMILES string of the molecule is O=C(c1cccc([N+](=O)[O-])c1)N1CCC[C@@H](C(=O)N2CCCCCC2)C1. The zero-order chi connectivity index (χ0) is 18.5. The monoisotopic (exact) mass is 359 g/mol. The molecule has 2 saturated heterocycles. The number of nitro groups is 1. The van der Waals surface area contributed by atoms with Gasteiger partial charge in [0.1, 0.15) is 0 Å². The lowest BCUT2D eigenvalue weighted by Gasteiger charge is -2.34. The Kier molecular flexibility index (Phi) is 5.85. The van der Waals surface area contributed by atoms with E-state index in [4.69, 9.17) is 0 Å². The van der Waals surface area contributed by atoms with Crippen molar-refractivity contribution in [2.45, 2.75) is 38.5 Å². The van der Waals surface area contributed by atoms with E-state index >= 15 is 0 Å². The van der Waals surface area contributed by atoms with E-state index in [1.807, 2.05) is 4.90 Å². The van der Waals surface area contributed by atoms with Crippen molar-refractivity contribution in [3.05, 3.63) is 39.9 Å². The molecule has 0 radical (unpaired) electrons. The van der Waals surface area contributed by atoms with Crippen molar-refractivity contribution in [2.75, 3.05) is 26.2 Å². The molecule has 0 saturated carbocycles. The molecule has 26 heavy (non-hydrogen) atoms. The third kappa shape index (κ3) is 4.20. The van der Waals surface area contributed by atoms with Crippen LogP contribution in [0, 0.1) is 16.0 Å². The topological polar surface area (TPSA) is 83.8 Å². The van der Waals surface area contributed by atoms with Crippen LogP contribution in [-0.2, 0) is 4.79 Å². The second kappa shape index (κ2) is 8.29. The number of carbonyl (C=O) groups is 2. The summed E-state index contributed by atoms with van der Waals surface area (Å²) in [5, 5.41) is 10.9. The Balaban J connectivity index is 1.67. The largest absolute Gasteiger partial charge is 0.342 e. The van der Waals surface area contributed by atoms with Crippen LogP contribution < -0.4 is 0 Å². The Labute approximate surface area is 153 Å². The van der Waals surface area contributed by atoms with Gasteiger partial charge in [-0.05, 0) is 31.7 Å². The van der Waals surface area contributed by atoms with Crippen molar-refractivity contribution in [1.82, 2.24) is 9.80 Å². The number of hydrogen-bond donors (Lipinski definition) is 0. The second-order valence-electron chi connectivity index (χ2n) is 7.14. The van der Waals surface area contributed by atoms with Crippen LogP contribution in [0.2, 0.25) is 0 Å². The average Bonchev–Trinajstić information content (AvgIpc) is 2.96. The van der Waals surface area contributed by atoms with Crippen LogP contribution >= 0.6 is 0 Å². The van der Waals surface area contributed by atoms with Gasteiger partial charge in [-0.25, -0.2) is 0 Å². The third-order valence-electron chi connectivity index (χ3n) is 5.28. The van der Waals surface area contributed by atoms with Crippen molar-refractivity contribution in [3.63, 3.8) is 0 Å². The number of nitrogens with zero attached hydrogens (tertiary/aromatic N) is 3. The molecule has 0 unspecified atom stereocenters. The molecule has 2 amide bonds. The fraction of sp³-hybridized carbons (Fsp3) is 0.579. The maximum absolute atomic E-state index is 12.9. The van der Waals surface area contributed by atoms with Crippen LogP contribution in [0.3, 0.4) is 0 Å². The summed E-state index contributed by atoms with van der Waals surface area (Å²) in [7, 11) is 0. The van der Waals surface area contributed by atoms with E-state index in [0.717, 1.165) is 38.8 Å². The summed E-state index contributed by atoms with van der Waals surface area (Å²) >= 11 is 0. The lowest BCUT2D eigenvalue weighted by Crippen LogP contribution is -2.47. The maximum atomic E-state index is 12.9. The summed E-state index contributed by atoms with van der Waals surface area (Å²) in [4.78, 5) is 39.7. The van der Waals surface area contributed by atoms with E-state index in [-0.39, 0.29) is 23.4 Å². The van der Waals surface area contributed by atoms with Crippen molar-refractivity contribution >= 4 is 17.5 Å². The molecule has 7 heteroatoms. The predicted octanol–water partition coefficient (Wildman–Crippen LogP) is 2.85. The van der Waals surface area contributed by atoms with Crippen LogP contribution in [0.1, 0.15) is 48.9 Å². The van der Waals surface area contributed by atoms with Gasteiger partial charge in [0.2, 0.25) is 5.91 Å². The zero-order valence-electron chi connectivity index (χ0n) is 14.9. The number of amides is 2. The van der Waals surface area contributed by atoms with Crippen LogP contribution in [0.25, 0.3) is 0 Å². The average molecular weight is 359 g/mol. The number of likely N-dealkylation sites (tertiary alicyclic amines) is 2. The van der Waals surface area contributed by atoms with Crippen molar-refractivity contribution in [1.29, 1.82) is 0 Å². The molecule has 7 nitrogen and oxygen atoms in total. The first-order chi connectivity index (χ1) is 12.6. The molecule has 0 spiro atoms. The fourth-order valence-electron chi connectivity index (χ4n) is 3.85. The number of hydrogen-bond acceptors (Lipinski definition) is 4. The Morgan fingerprint density at radius 2 is 1.69 bits per heavy atom. The lowest BCUT2D eigenvalue weighted by molar-refractivity contribution is -0.384. The minimum atomic E-state index is -0.501. The molecular weight excluding hydrogens is 334 g/mol. The van der Waals surface area contributed by atoms with Gasteiger partial charge < -0.3 is 9.80 Å². The van der Waals surface area contributed by atoms with Gasteiger partial charge in [0.25, 0.3) is 11.6 Å². The number of non-ortho nitro benzene ring substituents is 1. The number of benzene rings is 1. The second-order valence-corrected chi connectivity index (χ2v) is 7.14. The Morgan fingerprint density at radius 3 is 2.38 bits per heavy atom. The van der Waals surface area contributed by atoms with Gasteiger partial charge in [-0.2, -0.15) is 0 Å². The summed E-state index contributed by atoms with van der Waals surface area (Å²) in [6.45, 7) is 2.62. The Morgan fingerprint density at radius 1 is 1.00 bits per heavy atom. The molecule has 2 heterocycles. The molecule has 3 rings (SSSR count). The highest BCUT2D eigenvalue weighted by Crippen LogP contribution is 2.23. The maximum Gasteiger partial charge on any atom is 0.270 e. The first-order valence-electron chi connectivity index (χ1n) is 9.39. The summed E-state index contributed by atoms with van der Waals surface area (Å²) in [6.07, 6.45) is 6.03. The molecular formula is C19H25N3O4. The highest BCUT2D eigenvalue weighted by molar-refractivity contribution is 5.95. The first-order valence-corrected chi connectivity index (χ1v) is 9.39. The van der Waals surface area contributed by atoms with E-state index in [2.05, 4.69) is 0 Å². The van der Waals surface area contributed by atoms with Gasteiger partial charge in [-0.15, -0.1) is 0 Å². The molecule has 2 aliphatic rings. The van der Waals surface area contributed by atoms with Crippen molar-refractivity contribution in [2.24, 2.45) is 5.92 Å². The van der Waals surface area contributed by atoms with E-state index in [1.54, 1.807) is 11.0 Å². The molecule has 0 N–H and O–H groups in total. The molecule has 2 fully saturated rings. The van der Waals surface area contributed by atoms with Gasteiger partial charge in [-0.1, -0.05) is 18.9 Å². The highest BCUT2D eigenvalue weighted by atomic mass is 16.6. The minimum absolute atomic E-state index is 0.0925. The number of piperidine rings is 1. The normalized spacial score (nSPS) is 21.2. The number of nitro benzene ring substituents is 1. The number of carbonyl (C=O) groups excluding carboxylic acids is 2. The third-order valence-corrected chi connectivity index (χ3v) is 5.28. The van der Waals surface area contributed by atoms with Gasteiger partial charge in [-0.3, -0.25) is 19.7 Å². The molecule has 0 aliphatic carbocycles. The molecule has 1 aromatic carbocycles. The lowest BCUT2D eigenvalue weighted by atomic mass is 9.95. The Hall–Kier alpha value is -2.44. The predicted molar refractivity (Wildman–Crippen MR) is 96.8 cm³/mol. The molecule has 2 aliphatic heterocycles. The van der Waals surface area contributed by atoms with E-state index in [9.17, 15) is 19.7 Å². The highest BCUT2D eigenvalue weighted by Gasteiger charge is 2.32. The first kappa shape index (κ1) is 18.4. The Bertz CT molecular complexity index is 683. The summed E-state index contributed by atoms with van der Waals surface area (Å²) < 4.78 is 0. The van der Waals surface area contributed by atoms with E-state index in [1.165, 1.54) is 31.0 Å². The molecule has 1 atom stereocenters. The van der Waals surface area contributed by atoms with Gasteiger partial charge in [0.15, 0.2) is 0 Å². The quantitative estimate of drug-likeness (QED) is 0.614. The van der Waals surface area contributed by atoms with Gasteiger partial charge in [0, 0.05) is 43.9 Å². The van der Waals surface area contributed by atoms with E-state index < -0.39 is 4.92 Å². The summed E-state index contributed by atoms with van der Waals surface area (Å²) in [6, 6.07) is 5.80. The molecule has 1 aromatic rings. The van der Waals surface area contributed by atoms with Gasteiger partial charge >= 0.3 is 0 Å². The molecule has 0 aromatic heterocycles. The minimum Gasteiger partial charge on any atom is -0.342 e. The standard InChI is InChI=1S/C19H25N3O4/c23-18(15-7-5-9-17(13-15)22(25)26)21-12-6-8-16(14-21)19(24)20-10-3-1-2-4-11-20/h5,7,9,13,16H,1-4,6,8,10-12,14H2/t16-/m1/s1. The van der Waals surface area contributed by atoms with E-state index in [0.29, 0.717) is 18.7 Å². The van der Waals surface area contributed by atoms with Crippen LogP contribution in [0.5, 0.6) is 0 Å². The van der Waals surface area contributed by atoms with Crippen LogP contribution in [-0.4, -0.2) is 52.7 Å². The van der Waals surface area contributed by atoms with Crippen molar-refractivity contribution in [3.8, 4) is 0 Å². The number of rotatable bonds is 3. The summed E-state index contributed by atoms with van der Waals surface area (Å²) in [5.41, 5.74) is 0.215. The summed E-state index contributed by atoms with van der Waals surface area (Å²) in [5.74, 6) is -0.241. The van der Waals surface area contributed by atoms with Crippen LogP contribution in [0.4, 0.5) is 5.69 Å². The fourth-order valence-corrected chi connectivity index (χ4v) is 3.85. The van der Waals surface area contributed by atoms with Crippen molar-refractivity contribution < 1.29 is 14.5 Å².